The lowest BCUT2D eigenvalue weighted by atomic mass is 10.2. The van der Waals surface area contributed by atoms with Gasteiger partial charge in [-0.25, -0.2) is 4.79 Å². The van der Waals surface area contributed by atoms with E-state index in [4.69, 9.17) is 4.74 Å². The summed E-state index contributed by atoms with van der Waals surface area (Å²) in [6.45, 7) is 3.52. The molecule has 0 aliphatic carbocycles. The highest BCUT2D eigenvalue weighted by molar-refractivity contribution is 5.88. The molecule has 0 bridgehead atoms. The molecular weight excluding hydrogens is 340 g/mol. The van der Waals surface area contributed by atoms with Gasteiger partial charge in [-0.1, -0.05) is 39.5 Å². The van der Waals surface area contributed by atoms with Crippen LogP contribution in [0.4, 0.5) is 0 Å². The Hall–Kier alpha value is -2.12. The highest BCUT2D eigenvalue weighted by atomic mass is 16.5. The molecule has 8 heteroatoms. The second-order valence-electron chi connectivity index (χ2n) is 6.02. The van der Waals surface area contributed by atoms with Gasteiger partial charge < -0.3 is 20.1 Å². The van der Waals surface area contributed by atoms with E-state index in [2.05, 4.69) is 15.4 Å². The van der Waals surface area contributed by atoms with E-state index in [1.165, 1.54) is 7.11 Å². The molecule has 0 radical (unpaired) electrons. The molecule has 0 fully saturated rings. The van der Waals surface area contributed by atoms with E-state index >= 15 is 0 Å². The van der Waals surface area contributed by atoms with Gasteiger partial charge in [0.15, 0.2) is 6.04 Å². The molecule has 0 aliphatic heterocycles. The average Bonchev–Trinajstić information content (AvgIpc) is 2.63. The van der Waals surface area contributed by atoms with Gasteiger partial charge in [-0.05, 0) is 12.8 Å². The Bertz CT molecular complexity index is 453. The van der Waals surface area contributed by atoms with Crippen LogP contribution >= 0.6 is 0 Å². The Labute approximate surface area is 155 Å². The summed E-state index contributed by atoms with van der Waals surface area (Å²) in [5.41, 5.74) is 0. The predicted octanol–water partition coefficient (Wildman–Crippen LogP) is 1.46. The zero-order chi connectivity index (χ0) is 19.8. The summed E-state index contributed by atoms with van der Waals surface area (Å²) in [5.74, 6) is -1.91. The fourth-order valence-corrected chi connectivity index (χ4v) is 2.13. The van der Waals surface area contributed by atoms with E-state index in [1.54, 1.807) is 0 Å². The van der Waals surface area contributed by atoms with Crippen LogP contribution in [0, 0.1) is 0 Å². The van der Waals surface area contributed by atoms with Crippen molar-refractivity contribution >= 4 is 23.8 Å². The molecule has 0 aromatic heterocycles. The molecule has 2 N–H and O–H groups in total. The summed E-state index contributed by atoms with van der Waals surface area (Å²) in [5, 5.41) is 4.90. The van der Waals surface area contributed by atoms with Gasteiger partial charge in [0.1, 0.15) is 6.61 Å². The zero-order valence-corrected chi connectivity index (χ0v) is 16.1. The highest BCUT2D eigenvalue weighted by Gasteiger charge is 2.23. The van der Waals surface area contributed by atoms with E-state index < -0.39 is 23.9 Å². The summed E-state index contributed by atoms with van der Waals surface area (Å²) in [6.07, 6.45) is 5.97. The van der Waals surface area contributed by atoms with Crippen LogP contribution in [0.3, 0.4) is 0 Å². The normalized spacial score (nSPS) is 11.3. The smallest absolute Gasteiger partial charge is 0.331 e. The molecule has 26 heavy (non-hydrogen) atoms. The number of hydrogen-bond acceptors (Lipinski definition) is 6. The van der Waals surface area contributed by atoms with Crippen LogP contribution in [0.25, 0.3) is 0 Å². The SMILES string of the molecule is CCCCCC(=O)NCC(=O)NC(COC(=O)CCCCC)C(=O)OC. The Kier molecular flexibility index (Phi) is 13.9. The van der Waals surface area contributed by atoms with Gasteiger partial charge in [-0.15, -0.1) is 0 Å². The Morgan fingerprint density at radius 2 is 1.50 bits per heavy atom. The van der Waals surface area contributed by atoms with Crippen LogP contribution in [-0.4, -0.2) is 50.1 Å². The number of esters is 2. The van der Waals surface area contributed by atoms with Gasteiger partial charge in [0, 0.05) is 12.8 Å². The van der Waals surface area contributed by atoms with Gasteiger partial charge >= 0.3 is 11.9 Å². The fourth-order valence-electron chi connectivity index (χ4n) is 2.13. The van der Waals surface area contributed by atoms with Crippen LogP contribution in [0.1, 0.15) is 65.2 Å². The topological polar surface area (TPSA) is 111 Å². The molecule has 2 amide bonds. The average molecular weight is 372 g/mol. The number of ether oxygens (including phenoxy) is 2. The van der Waals surface area contributed by atoms with Gasteiger partial charge in [0.25, 0.3) is 0 Å². The van der Waals surface area contributed by atoms with Crippen molar-refractivity contribution in [1.82, 2.24) is 10.6 Å². The summed E-state index contributed by atoms with van der Waals surface area (Å²) < 4.78 is 9.63. The second kappa shape index (κ2) is 15.2. The van der Waals surface area contributed by atoms with Crippen LogP contribution < -0.4 is 10.6 Å². The number of unbranched alkanes of at least 4 members (excludes halogenated alkanes) is 4. The number of amides is 2. The maximum Gasteiger partial charge on any atom is 0.331 e. The largest absolute Gasteiger partial charge is 0.467 e. The molecule has 0 spiro atoms. The van der Waals surface area contributed by atoms with Crippen molar-refractivity contribution in [3.05, 3.63) is 0 Å². The van der Waals surface area contributed by atoms with Crippen molar-refractivity contribution in [1.29, 1.82) is 0 Å². The number of carbonyl (C=O) groups excluding carboxylic acids is 4. The van der Waals surface area contributed by atoms with Crippen molar-refractivity contribution in [2.75, 3.05) is 20.3 Å². The maximum atomic E-state index is 11.9. The molecule has 8 nitrogen and oxygen atoms in total. The van der Waals surface area contributed by atoms with Gasteiger partial charge in [-0.3, -0.25) is 14.4 Å². The number of hydrogen-bond donors (Lipinski definition) is 2. The maximum absolute atomic E-state index is 11.9. The number of methoxy groups -OCH3 is 1. The Morgan fingerprint density at radius 3 is 2.08 bits per heavy atom. The standard InChI is InChI=1S/C18H32N2O6/c1-4-6-8-10-15(21)19-12-16(22)20-14(18(24)25-3)13-26-17(23)11-9-7-5-2/h14H,4-13H2,1-3H3,(H,19,21)(H,20,22). The van der Waals surface area contributed by atoms with E-state index in [9.17, 15) is 19.2 Å². The third kappa shape index (κ3) is 12.3. The van der Waals surface area contributed by atoms with Gasteiger partial charge in [-0.2, -0.15) is 0 Å². The first kappa shape index (κ1) is 23.9. The lowest BCUT2D eigenvalue weighted by Gasteiger charge is -2.17. The first-order valence-corrected chi connectivity index (χ1v) is 9.24. The summed E-state index contributed by atoms with van der Waals surface area (Å²) in [4.78, 5) is 46.8. The third-order valence-electron chi connectivity index (χ3n) is 3.67. The van der Waals surface area contributed by atoms with Crippen molar-refractivity contribution in [3.8, 4) is 0 Å². The van der Waals surface area contributed by atoms with Crippen molar-refractivity contribution in [2.24, 2.45) is 0 Å². The van der Waals surface area contributed by atoms with Crippen LogP contribution in [0.15, 0.2) is 0 Å². The molecular formula is C18H32N2O6. The molecule has 0 rings (SSSR count). The number of rotatable bonds is 14. The highest BCUT2D eigenvalue weighted by Crippen LogP contribution is 2.02. The van der Waals surface area contributed by atoms with Crippen molar-refractivity contribution in [2.45, 2.75) is 71.3 Å². The van der Waals surface area contributed by atoms with Gasteiger partial charge in [0.05, 0.1) is 13.7 Å². The Balaban J connectivity index is 4.26. The lowest BCUT2D eigenvalue weighted by molar-refractivity contribution is -0.152. The molecule has 1 atom stereocenters. The minimum Gasteiger partial charge on any atom is -0.467 e. The first-order valence-electron chi connectivity index (χ1n) is 9.24. The summed E-state index contributed by atoms with van der Waals surface area (Å²) in [6, 6.07) is -1.10. The van der Waals surface area contributed by atoms with E-state index in [0.29, 0.717) is 12.8 Å². The third-order valence-corrected chi connectivity index (χ3v) is 3.67. The minimum atomic E-state index is -1.10. The van der Waals surface area contributed by atoms with Crippen LogP contribution in [-0.2, 0) is 28.7 Å². The minimum absolute atomic E-state index is 0.217. The molecule has 150 valence electrons. The molecule has 0 aliphatic rings. The Morgan fingerprint density at radius 1 is 0.885 bits per heavy atom. The lowest BCUT2D eigenvalue weighted by Crippen LogP contribution is -2.48. The van der Waals surface area contributed by atoms with E-state index in [-0.39, 0.29) is 25.5 Å². The number of carbonyl (C=O) groups is 4. The molecule has 0 saturated heterocycles. The molecule has 0 heterocycles. The van der Waals surface area contributed by atoms with Crippen molar-refractivity contribution < 1.29 is 28.7 Å². The van der Waals surface area contributed by atoms with Crippen LogP contribution in [0.2, 0.25) is 0 Å². The van der Waals surface area contributed by atoms with Crippen LogP contribution in [0.5, 0.6) is 0 Å². The van der Waals surface area contributed by atoms with E-state index in [1.807, 2.05) is 13.8 Å². The quantitative estimate of drug-likeness (QED) is 0.353. The summed E-state index contributed by atoms with van der Waals surface area (Å²) in [7, 11) is 1.18. The zero-order valence-electron chi connectivity index (χ0n) is 16.1. The fraction of sp³-hybridized carbons (Fsp3) is 0.778. The second-order valence-corrected chi connectivity index (χ2v) is 6.02. The monoisotopic (exact) mass is 372 g/mol. The molecule has 0 saturated carbocycles. The molecule has 0 aromatic carbocycles. The molecule has 0 aromatic rings. The first-order chi connectivity index (χ1) is 12.4. The van der Waals surface area contributed by atoms with Gasteiger partial charge in [0.2, 0.25) is 11.8 Å². The van der Waals surface area contributed by atoms with E-state index in [0.717, 1.165) is 32.1 Å². The predicted molar refractivity (Wildman–Crippen MR) is 96.2 cm³/mol. The number of nitrogens with one attached hydrogen (secondary N) is 2. The molecule has 1 unspecified atom stereocenters. The van der Waals surface area contributed by atoms with Crippen molar-refractivity contribution in [3.63, 3.8) is 0 Å². The summed E-state index contributed by atoms with van der Waals surface area (Å²) >= 11 is 0.